The number of nitrogens with one attached hydrogen (secondary N) is 1. The molecule has 1 aliphatic carbocycles. The van der Waals surface area contributed by atoms with Gasteiger partial charge in [-0.25, -0.2) is 0 Å². The summed E-state index contributed by atoms with van der Waals surface area (Å²) >= 11 is 0. The van der Waals surface area contributed by atoms with Crippen LogP contribution in [0.2, 0.25) is 0 Å². The van der Waals surface area contributed by atoms with Crippen LogP contribution in [-0.2, 0) is 4.79 Å². The molecule has 0 aromatic rings. The maximum Gasteiger partial charge on any atom is 0.227 e. The van der Waals surface area contributed by atoms with Gasteiger partial charge in [-0.3, -0.25) is 4.79 Å². The first-order valence-corrected chi connectivity index (χ1v) is 6.55. The van der Waals surface area contributed by atoms with Crippen LogP contribution in [0, 0.1) is 11.3 Å². The number of rotatable bonds is 7. The lowest BCUT2D eigenvalue weighted by molar-refractivity contribution is -0.126. The summed E-state index contributed by atoms with van der Waals surface area (Å²) in [6, 6.07) is 0.238. The van der Waals surface area contributed by atoms with E-state index in [1.165, 1.54) is 0 Å². The van der Waals surface area contributed by atoms with E-state index in [1.807, 2.05) is 14.1 Å². The van der Waals surface area contributed by atoms with Crippen LogP contribution >= 0.6 is 0 Å². The van der Waals surface area contributed by atoms with Gasteiger partial charge in [0.05, 0.1) is 5.41 Å². The second-order valence-electron chi connectivity index (χ2n) is 6.05. The van der Waals surface area contributed by atoms with E-state index in [0.29, 0.717) is 12.5 Å². The minimum atomic E-state index is -0.235. The molecular formula is C13H27N3O. The molecule has 1 aliphatic rings. The number of likely N-dealkylation sites (N-methyl/N-ethyl adjacent to an activating group) is 1. The van der Waals surface area contributed by atoms with Crippen molar-refractivity contribution in [2.75, 3.05) is 27.2 Å². The van der Waals surface area contributed by atoms with Gasteiger partial charge in [0.15, 0.2) is 0 Å². The largest absolute Gasteiger partial charge is 0.352 e. The Bertz CT molecular complexity index is 249. The molecule has 0 aliphatic heterocycles. The van der Waals surface area contributed by atoms with Crippen LogP contribution in [0.15, 0.2) is 0 Å². The van der Waals surface area contributed by atoms with Crippen molar-refractivity contribution in [3.8, 4) is 0 Å². The average Bonchev–Trinajstić information content (AvgIpc) is 2.95. The highest BCUT2D eigenvalue weighted by Crippen LogP contribution is 2.44. The summed E-state index contributed by atoms with van der Waals surface area (Å²) in [6.07, 6.45) is 2.92. The quantitative estimate of drug-likeness (QED) is 0.694. The molecular weight excluding hydrogens is 214 g/mol. The molecule has 0 bridgehead atoms. The minimum absolute atomic E-state index is 0.160. The fourth-order valence-corrected chi connectivity index (χ4v) is 2.20. The molecule has 1 atom stereocenters. The van der Waals surface area contributed by atoms with Crippen molar-refractivity contribution in [2.45, 2.75) is 39.2 Å². The number of nitrogens with zero attached hydrogens (tertiary/aromatic N) is 1. The van der Waals surface area contributed by atoms with E-state index in [4.69, 9.17) is 5.73 Å². The number of hydrogen-bond donors (Lipinski definition) is 2. The third kappa shape index (κ3) is 4.28. The van der Waals surface area contributed by atoms with Gasteiger partial charge in [-0.1, -0.05) is 13.8 Å². The maximum absolute atomic E-state index is 12.1. The van der Waals surface area contributed by atoms with E-state index in [-0.39, 0.29) is 17.4 Å². The van der Waals surface area contributed by atoms with Gasteiger partial charge in [0.1, 0.15) is 0 Å². The normalized spacial score (nSPS) is 19.5. The molecule has 1 unspecified atom stereocenters. The van der Waals surface area contributed by atoms with Gasteiger partial charge in [0.2, 0.25) is 5.91 Å². The van der Waals surface area contributed by atoms with Crippen LogP contribution in [0.4, 0.5) is 0 Å². The zero-order valence-corrected chi connectivity index (χ0v) is 11.6. The SMILES string of the molecule is CC(C)CC(CN(C)C)NC(=O)C1(CN)CC1. The molecule has 0 heterocycles. The van der Waals surface area contributed by atoms with Crippen molar-refractivity contribution >= 4 is 5.91 Å². The van der Waals surface area contributed by atoms with Gasteiger partial charge in [-0.05, 0) is 39.3 Å². The van der Waals surface area contributed by atoms with Crippen LogP contribution in [0.3, 0.4) is 0 Å². The fraction of sp³-hybridized carbons (Fsp3) is 0.923. The molecule has 3 N–H and O–H groups in total. The van der Waals surface area contributed by atoms with Crippen molar-refractivity contribution in [1.29, 1.82) is 0 Å². The predicted molar refractivity (Wildman–Crippen MR) is 70.7 cm³/mol. The van der Waals surface area contributed by atoms with Crippen molar-refractivity contribution in [3.05, 3.63) is 0 Å². The van der Waals surface area contributed by atoms with Gasteiger partial charge in [-0.15, -0.1) is 0 Å². The monoisotopic (exact) mass is 241 g/mol. The highest BCUT2D eigenvalue weighted by Gasteiger charge is 2.48. The summed E-state index contributed by atoms with van der Waals surface area (Å²) < 4.78 is 0. The van der Waals surface area contributed by atoms with E-state index in [9.17, 15) is 4.79 Å². The van der Waals surface area contributed by atoms with Crippen molar-refractivity contribution in [2.24, 2.45) is 17.1 Å². The van der Waals surface area contributed by atoms with Crippen molar-refractivity contribution in [1.82, 2.24) is 10.2 Å². The van der Waals surface area contributed by atoms with Gasteiger partial charge < -0.3 is 16.0 Å². The fourth-order valence-electron chi connectivity index (χ4n) is 2.20. The molecule has 0 saturated heterocycles. The number of hydrogen-bond acceptors (Lipinski definition) is 3. The summed E-state index contributed by atoms with van der Waals surface area (Å²) in [5.41, 5.74) is 5.44. The van der Waals surface area contributed by atoms with Crippen LogP contribution in [-0.4, -0.2) is 44.0 Å². The molecule has 4 heteroatoms. The number of carbonyl (C=O) groups is 1. The number of amides is 1. The standard InChI is InChI=1S/C13H27N3O/c1-10(2)7-11(8-16(3)4)15-12(17)13(9-14)5-6-13/h10-11H,5-9,14H2,1-4H3,(H,15,17). The highest BCUT2D eigenvalue weighted by atomic mass is 16.2. The topological polar surface area (TPSA) is 58.4 Å². The third-order valence-electron chi connectivity index (χ3n) is 3.40. The Morgan fingerprint density at radius 3 is 2.35 bits per heavy atom. The van der Waals surface area contributed by atoms with E-state index >= 15 is 0 Å². The number of nitrogens with two attached hydrogens (primary N) is 1. The second-order valence-corrected chi connectivity index (χ2v) is 6.05. The summed E-state index contributed by atoms with van der Waals surface area (Å²) in [4.78, 5) is 14.2. The smallest absolute Gasteiger partial charge is 0.227 e. The molecule has 1 fully saturated rings. The number of carbonyl (C=O) groups excluding carboxylic acids is 1. The first-order chi connectivity index (χ1) is 7.89. The molecule has 0 spiro atoms. The third-order valence-corrected chi connectivity index (χ3v) is 3.40. The summed E-state index contributed by atoms with van der Waals surface area (Å²) in [7, 11) is 4.07. The molecule has 100 valence electrons. The zero-order valence-electron chi connectivity index (χ0n) is 11.6. The lowest BCUT2D eigenvalue weighted by Gasteiger charge is -2.26. The Labute approximate surface area is 105 Å². The van der Waals surface area contributed by atoms with Crippen LogP contribution in [0.5, 0.6) is 0 Å². The van der Waals surface area contributed by atoms with E-state index in [2.05, 4.69) is 24.1 Å². The van der Waals surface area contributed by atoms with E-state index in [0.717, 1.165) is 25.8 Å². The Hall–Kier alpha value is -0.610. The lowest BCUT2D eigenvalue weighted by atomic mass is 10.0. The molecule has 1 rings (SSSR count). The highest BCUT2D eigenvalue weighted by molar-refractivity contribution is 5.85. The predicted octanol–water partition coefficient (Wildman–Crippen LogP) is 0.818. The van der Waals surface area contributed by atoms with Gasteiger partial charge >= 0.3 is 0 Å². The molecule has 4 nitrogen and oxygen atoms in total. The molecule has 17 heavy (non-hydrogen) atoms. The van der Waals surface area contributed by atoms with E-state index < -0.39 is 0 Å². The van der Waals surface area contributed by atoms with Crippen LogP contribution in [0.25, 0.3) is 0 Å². The molecule has 0 aromatic heterocycles. The van der Waals surface area contributed by atoms with Gasteiger partial charge in [-0.2, -0.15) is 0 Å². The van der Waals surface area contributed by atoms with E-state index in [1.54, 1.807) is 0 Å². The molecule has 1 saturated carbocycles. The molecule has 0 aromatic carbocycles. The van der Waals surface area contributed by atoms with Gasteiger partial charge in [0, 0.05) is 19.1 Å². The minimum Gasteiger partial charge on any atom is -0.352 e. The first kappa shape index (κ1) is 14.5. The van der Waals surface area contributed by atoms with Gasteiger partial charge in [0.25, 0.3) is 0 Å². The van der Waals surface area contributed by atoms with Crippen LogP contribution in [0.1, 0.15) is 33.1 Å². The Balaban J connectivity index is 2.50. The van der Waals surface area contributed by atoms with Crippen molar-refractivity contribution < 1.29 is 4.79 Å². The maximum atomic E-state index is 12.1. The Morgan fingerprint density at radius 1 is 1.41 bits per heavy atom. The van der Waals surface area contributed by atoms with Crippen molar-refractivity contribution in [3.63, 3.8) is 0 Å². The lowest BCUT2D eigenvalue weighted by Crippen LogP contribution is -2.47. The molecule has 1 amide bonds. The zero-order chi connectivity index (χ0) is 13.1. The Kier molecular flexibility index (Phi) is 4.95. The molecule has 0 radical (unpaired) electrons. The summed E-state index contributed by atoms with van der Waals surface area (Å²) in [5, 5.41) is 3.17. The summed E-state index contributed by atoms with van der Waals surface area (Å²) in [5.74, 6) is 0.751. The average molecular weight is 241 g/mol. The second kappa shape index (κ2) is 5.83. The van der Waals surface area contributed by atoms with Crippen LogP contribution < -0.4 is 11.1 Å². The Morgan fingerprint density at radius 2 is 2.00 bits per heavy atom. The summed E-state index contributed by atoms with van der Waals surface area (Å²) in [6.45, 7) is 5.75. The first-order valence-electron chi connectivity index (χ1n) is 6.55.